The molecule has 2 unspecified atom stereocenters. The molecule has 0 radical (unpaired) electrons. The molecule has 4 heteroatoms. The van der Waals surface area contributed by atoms with Crippen LogP contribution in [0.4, 0.5) is 0 Å². The molecule has 0 aromatic carbocycles. The third-order valence-electron chi connectivity index (χ3n) is 3.26. The molecule has 2 rings (SSSR count). The number of carbonyl (C=O) groups is 1. The maximum absolute atomic E-state index is 11.9. The Labute approximate surface area is 108 Å². The van der Waals surface area contributed by atoms with Crippen LogP contribution in [0, 0.1) is 0 Å². The number of aromatic nitrogens is 1. The summed E-state index contributed by atoms with van der Waals surface area (Å²) >= 11 is 0. The molecular weight excluding hydrogens is 230 g/mol. The summed E-state index contributed by atoms with van der Waals surface area (Å²) in [5.74, 6) is 0.0439. The van der Waals surface area contributed by atoms with Crippen molar-refractivity contribution in [2.75, 3.05) is 6.61 Å². The third-order valence-corrected chi connectivity index (χ3v) is 3.26. The smallest absolute Gasteiger partial charge is 0.189 e. The molecule has 2 atom stereocenters. The van der Waals surface area contributed by atoms with Crippen LogP contribution in [-0.2, 0) is 16.5 Å². The van der Waals surface area contributed by atoms with Crippen molar-refractivity contribution in [1.29, 1.82) is 0 Å². The van der Waals surface area contributed by atoms with E-state index in [4.69, 9.17) is 9.47 Å². The SMILES string of the molecule is CC1CC(OCC(=O)c2ccn(C)c2)CC(C)O1. The summed E-state index contributed by atoms with van der Waals surface area (Å²) in [6, 6.07) is 1.82. The van der Waals surface area contributed by atoms with E-state index in [0.29, 0.717) is 5.56 Å². The van der Waals surface area contributed by atoms with Crippen LogP contribution in [0.5, 0.6) is 0 Å². The van der Waals surface area contributed by atoms with E-state index in [1.807, 2.05) is 43.9 Å². The molecule has 0 saturated carbocycles. The summed E-state index contributed by atoms with van der Waals surface area (Å²) in [6.07, 6.45) is 5.98. The molecule has 1 fully saturated rings. The summed E-state index contributed by atoms with van der Waals surface area (Å²) in [5, 5.41) is 0. The quantitative estimate of drug-likeness (QED) is 0.770. The van der Waals surface area contributed by atoms with Crippen molar-refractivity contribution in [3.05, 3.63) is 24.0 Å². The van der Waals surface area contributed by atoms with E-state index in [9.17, 15) is 4.79 Å². The summed E-state index contributed by atoms with van der Waals surface area (Å²) < 4.78 is 13.2. The Morgan fingerprint density at radius 3 is 2.67 bits per heavy atom. The molecule has 1 aliphatic heterocycles. The number of hydrogen-bond acceptors (Lipinski definition) is 3. The second kappa shape index (κ2) is 5.67. The number of nitrogens with zero attached hydrogens (tertiary/aromatic N) is 1. The minimum absolute atomic E-state index is 0.0439. The normalized spacial score (nSPS) is 28.3. The lowest BCUT2D eigenvalue weighted by Crippen LogP contribution is -2.35. The molecule has 0 aliphatic carbocycles. The standard InChI is InChI=1S/C14H21NO3/c1-10-6-13(7-11(2)18-10)17-9-14(16)12-4-5-15(3)8-12/h4-5,8,10-11,13H,6-7,9H2,1-3H3. The average Bonchev–Trinajstić information content (AvgIpc) is 2.71. The number of ketones is 1. The highest BCUT2D eigenvalue weighted by molar-refractivity contribution is 5.96. The lowest BCUT2D eigenvalue weighted by Gasteiger charge is -2.31. The molecule has 100 valence electrons. The lowest BCUT2D eigenvalue weighted by atomic mass is 10.0. The van der Waals surface area contributed by atoms with Crippen LogP contribution in [0.25, 0.3) is 0 Å². The van der Waals surface area contributed by atoms with Gasteiger partial charge in [0.15, 0.2) is 5.78 Å². The summed E-state index contributed by atoms with van der Waals surface area (Å²) in [7, 11) is 1.90. The zero-order valence-corrected chi connectivity index (χ0v) is 11.3. The van der Waals surface area contributed by atoms with Crippen LogP contribution in [0.15, 0.2) is 18.5 Å². The van der Waals surface area contributed by atoms with Gasteiger partial charge in [-0.2, -0.15) is 0 Å². The molecule has 1 aromatic rings. The zero-order chi connectivity index (χ0) is 13.1. The number of ether oxygens (including phenoxy) is 2. The Morgan fingerprint density at radius 2 is 2.11 bits per heavy atom. The first-order chi connectivity index (χ1) is 8.54. The predicted octanol–water partition coefficient (Wildman–Crippen LogP) is 2.18. The molecule has 1 saturated heterocycles. The van der Waals surface area contributed by atoms with Crippen molar-refractivity contribution in [1.82, 2.24) is 4.57 Å². The second-order valence-corrected chi connectivity index (χ2v) is 5.15. The molecule has 2 heterocycles. The first kappa shape index (κ1) is 13.3. The Morgan fingerprint density at radius 1 is 1.44 bits per heavy atom. The number of carbonyl (C=O) groups excluding carboxylic acids is 1. The average molecular weight is 251 g/mol. The van der Waals surface area contributed by atoms with Crippen molar-refractivity contribution in [3.63, 3.8) is 0 Å². The molecule has 0 amide bonds. The first-order valence-corrected chi connectivity index (χ1v) is 6.47. The number of Topliss-reactive ketones (excluding diaryl/α,β-unsaturated/α-hetero) is 1. The van der Waals surface area contributed by atoms with Gasteiger partial charge in [-0.1, -0.05) is 0 Å². The lowest BCUT2D eigenvalue weighted by molar-refractivity contribution is -0.0975. The monoisotopic (exact) mass is 251 g/mol. The largest absolute Gasteiger partial charge is 0.375 e. The first-order valence-electron chi connectivity index (χ1n) is 6.47. The van der Waals surface area contributed by atoms with Crippen molar-refractivity contribution >= 4 is 5.78 Å². The van der Waals surface area contributed by atoms with Gasteiger partial charge in [0, 0.05) is 25.0 Å². The van der Waals surface area contributed by atoms with Crippen LogP contribution < -0.4 is 0 Å². The Balaban J connectivity index is 1.82. The van der Waals surface area contributed by atoms with Crippen LogP contribution in [0.3, 0.4) is 0 Å². The zero-order valence-electron chi connectivity index (χ0n) is 11.3. The predicted molar refractivity (Wildman–Crippen MR) is 68.7 cm³/mol. The van der Waals surface area contributed by atoms with Gasteiger partial charge in [-0.25, -0.2) is 0 Å². The fourth-order valence-electron chi connectivity index (χ4n) is 2.43. The van der Waals surface area contributed by atoms with E-state index in [1.165, 1.54) is 0 Å². The van der Waals surface area contributed by atoms with Gasteiger partial charge in [0.05, 0.1) is 18.3 Å². The van der Waals surface area contributed by atoms with E-state index in [0.717, 1.165) is 12.8 Å². The molecule has 4 nitrogen and oxygen atoms in total. The van der Waals surface area contributed by atoms with Crippen LogP contribution in [0.2, 0.25) is 0 Å². The van der Waals surface area contributed by atoms with Gasteiger partial charge < -0.3 is 14.0 Å². The Bertz CT molecular complexity index is 403. The van der Waals surface area contributed by atoms with Crippen LogP contribution >= 0.6 is 0 Å². The van der Waals surface area contributed by atoms with Crippen molar-refractivity contribution in [3.8, 4) is 0 Å². The number of rotatable bonds is 4. The third kappa shape index (κ3) is 3.43. The molecular formula is C14H21NO3. The summed E-state index contributed by atoms with van der Waals surface area (Å²) in [6.45, 7) is 4.25. The topological polar surface area (TPSA) is 40.5 Å². The minimum atomic E-state index is 0.0439. The highest BCUT2D eigenvalue weighted by atomic mass is 16.5. The van der Waals surface area contributed by atoms with E-state index in [1.54, 1.807) is 0 Å². The molecule has 0 bridgehead atoms. The van der Waals surface area contributed by atoms with Gasteiger partial charge >= 0.3 is 0 Å². The van der Waals surface area contributed by atoms with Crippen molar-refractivity contribution < 1.29 is 14.3 Å². The summed E-state index contributed by atoms with van der Waals surface area (Å²) in [4.78, 5) is 11.9. The van der Waals surface area contributed by atoms with Gasteiger partial charge in [-0.3, -0.25) is 4.79 Å². The van der Waals surface area contributed by atoms with E-state index >= 15 is 0 Å². The second-order valence-electron chi connectivity index (χ2n) is 5.15. The highest BCUT2D eigenvalue weighted by Crippen LogP contribution is 2.21. The molecule has 1 aromatic heterocycles. The van der Waals surface area contributed by atoms with Crippen LogP contribution in [0.1, 0.15) is 37.0 Å². The van der Waals surface area contributed by atoms with Crippen molar-refractivity contribution in [2.45, 2.75) is 45.0 Å². The molecule has 18 heavy (non-hydrogen) atoms. The minimum Gasteiger partial charge on any atom is -0.375 e. The van der Waals surface area contributed by atoms with E-state index in [2.05, 4.69) is 0 Å². The Kier molecular flexibility index (Phi) is 4.19. The highest BCUT2D eigenvalue weighted by Gasteiger charge is 2.25. The van der Waals surface area contributed by atoms with E-state index in [-0.39, 0.29) is 30.7 Å². The maximum Gasteiger partial charge on any atom is 0.189 e. The molecule has 0 N–H and O–H groups in total. The number of hydrogen-bond donors (Lipinski definition) is 0. The van der Waals surface area contributed by atoms with Crippen LogP contribution in [-0.4, -0.2) is 35.3 Å². The van der Waals surface area contributed by atoms with Gasteiger partial charge in [0.2, 0.25) is 0 Å². The van der Waals surface area contributed by atoms with E-state index < -0.39 is 0 Å². The molecule has 1 aliphatic rings. The van der Waals surface area contributed by atoms with Gasteiger partial charge in [0.1, 0.15) is 6.61 Å². The van der Waals surface area contributed by atoms with Gasteiger partial charge in [0.25, 0.3) is 0 Å². The fraction of sp³-hybridized carbons (Fsp3) is 0.643. The maximum atomic E-state index is 11.9. The van der Waals surface area contributed by atoms with Crippen molar-refractivity contribution in [2.24, 2.45) is 7.05 Å². The fourth-order valence-corrected chi connectivity index (χ4v) is 2.43. The summed E-state index contributed by atoms with van der Waals surface area (Å²) in [5.41, 5.74) is 0.714. The number of aryl methyl sites for hydroxylation is 1. The Hall–Kier alpha value is -1.13. The van der Waals surface area contributed by atoms with Gasteiger partial charge in [-0.05, 0) is 32.8 Å². The molecule has 0 spiro atoms. The van der Waals surface area contributed by atoms with Gasteiger partial charge in [-0.15, -0.1) is 0 Å².